The summed E-state index contributed by atoms with van der Waals surface area (Å²) < 4.78 is 0. The van der Waals surface area contributed by atoms with Gasteiger partial charge in [-0.2, -0.15) is 0 Å². The van der Waals surface area contributed by atoms with E-state index < -0.39 is 0 Å². The van der Waals surface area contributed by atoms with Gasteiger partial charge in [0.15, 0.2) is 0 Å². The molecule has 0 amide bonds. The molecular weight excluding hydrogens is 254 g/mol. The van der Waals surface area contributed by atoms with E-state index in [-0.39, 0.29) is 6.04 Å². The third-order valence-electron chi connectivity index (χ3n) is 3.50. The fraction of sp³-hybridized carbons (Fsp3) is 0.200. The number of benzene rings is 2. The van der Waals surface area contributed by atoms with Crippen LogP contribution in [0.4, 0.5) is 0 Å². The van der Waals surface area contributed by atoms with Crippen LogP contribution in [0.5, 0.6) is 0 Å². The summed E-state index contributed by atoms with van der Waals surface area (Å²) in [6.07, 6.45) is 7.26. The Bertz CT molecular complexity index is 557. The molecule has 0 aliphatic heterocycles. The van der Waals surface area contributed by atoms with Crippen molar-refractivity contribution in [1.29, 1.82) is 0 Å². The van der Waals surface area contributed by atoms with Crippen LogP contribution in [0.3, 0.4) is 0 Å². The Morgan fingerprint density at radius 3 is 2.24 bits per heavy atom. The molecule has 2 aromatic carbocycles. The lowest BCUT2D eigenvalue weighted by Gasteiger charge is -2.20. The smallest absolute Gasteiger partial charge is 0.0297 e. The fourth-order valence-electron chi connectivity index (χ4n) is 2.33. The highest BCUT2D eigenvalue weighted by molar-refractivity contribution is 5.49. The summed E-state index contributed by atoms with van der Waals surface area (Å²) in [5, 5.41) is 3.65. The Morgan fingerprint density at radius 1 is 1.00 bits per heavy atom. The van der Waals surface area contributed by atoms with Crippen molar-refractivity contribution in [3.05, 3.63) is 90.5 Å². The highest BCUT2D eigenvalue weighted by Gasteiger charge is 2.09. The minimum absolute atomic E-state index is 0.290. The van der Waals surface area contributed by atoms with Crippen molar-refractivity contribution in [3.8, 4) is 0 Å². The molecule has 0 bridgehead atoms. The molecule has 21 heavy (non-hydrogen) atoms. The molecule has 108 valence electrons. The third-order valence-corrected chi connectivity index (χ3v) is 3.50. The van der Waals surface area contributed by atoms with E-state index >= 15 is 0 Å². The van der Waals surface area contributed by atoms with Crippen molar-refractivity contribution < 1.29 is 0 Å². The van der Waals surface area contributed by atoms with Crippen molar-refractivity contribution in [1.82, 2.24) is 5.32 Å². The van der Waals surface area contributed by atoms with Crippen LogP contribution in [0, 0.1) is 0 Å². The lowest BCUT2D eigenvalue weighted by Crippen LogP contribution is -2.29. The van der Waals surface area contributed by atoms with Crippen LogP contribution in [0.25, 0.3) is 6.08 Å². The summed E-state index contributed by atoms with van der Waals surface area (Å²) in [7, 11) is 0. The van der Waals surface area contributed by atoms with Gasteiger partial charge in [0.2, 0.25) is 0 Å². The lowest BCUT2D eigenvalue weighted by molar-refractivity contribution is 0.515. The minimum atomic E-state index is 0.290. The van der Waals surface area contributed by atoms with E-state index in [4.69, 9.17) is 0 Å². The molecule has 1 unspecified atom stereocenters. The Labute approximate surface area is 128 Å². The van der Waals surface area contributed by atoms with Gasteiger partial charge in [0.1, 0.15) is 0 Å². The molecule has 2 rings (SSSR count). The van der Waals surface area contributed by atoms with Gasteiger partial charge in [-0.25, -0.2) is 0 Å². The van der Waals surface area contributed by atoms with Gasteiger partial charge in [-0.05, 0) is 24.5 Å². The van der Waals surface area contributed by atoms with Gasteiger partial charge in [0.25, 0.3) is 0 Å². The average Bonchev–Trinajstić information content (AvgIpc) is 2.54. The SMILES string of the molecule is C=CCC(/C=C/c1ccccc1)N[C@H](C)c1ccccc1. The van der Waals surface area contributed by atoms with E-state index in [0.29, 0.717) is 6.04 Å². The molecule has 0 saturated carbocycles. The van der Waals surface area contributed by atoms with E-state index in [1.165, 1.54) is 11.1 Å². The number of hydrogen-bond donors (Lipinski definition) is 1. The van der Waals surface area contributed by atoms with E-state index in [9.17, 15) is 0 Å². The molecule has 0 aliphatic rings. The van der Waals surface area contributed by atoms with Crippen LogP contribution in [0.15, 0.2) is 79.4 Å². The van der Waals surface area contributed by atoms with Crippen molar-refractivity contribution in [2.75, 3.05) is 0 Å². The van der Waals surface area contributed by atoms with Gasteiger partial charge in [0, 0.05) is 12.1 Å². The zero-order chi connectivity index (χ0) is 14.9. The monoisotopic (exact) mass is 277 g/mol. The molecule has 0 aliphatic carbocycles. The normalized spacial score (nSPS) is 14.0. The number of hydrogen-bond acceptors (Lipinski definition) is 1. The van der Waals surface area contributed by atoms with Gasteiger partial charge in [0.05, 0.1) is 0 Å². The fourth-order valence-corrected chi connectivity index (χ4v) is 2.33. The van der Waals surface area contributed by atoms with Crippen molar-refractivity contribution in [2.24, 2.45) is 0 Å². The second-order valence-corrected chi connectivity index (χ2v) is 5.20. The van der Waals surface area contributed by atoms with Crippen LogP contribution < -0.4 is 5.32 Å². The van der Waals surface area contributed by atoms with E-state index in [0.717, 1.165) is 6.42 Å². The van der Waals surface area contributed by atoms with Crippen LogP contribution in [-0.2, 0) is 0 Å². The lowest BCUT2D eigenvalue weighted by atomic mass is 10.1. The van der Waals surface area contributed by atoms with Crippen LogP contribution in [-0.4, -0.2) is 6.04 Å². The molecule has 2 aromatic rings. The van der Waals surface area contributed by atoms with Crippen molar-refractivity contribution in [2.45, 2.75) is 25.4 Å². The quantitative estimate of drug-likeness (QED) is 0.703. The largest absolute Gasteiger partial charge is 0.304 e. The molecule has 1 nitrogen and oxygen atoms in total. The zero-order valence-electron chi connectivity index (χ0n) is 12.6. The molecule has 0 radical (unpaired) electrons. The maximum Gasteiger partial charge on any atom is 0.0297 e. The summed E-state index contributed by atoms with van der Waals surface area (Å²) in [6, 6.07) is 21.5. The first-order valence-corrected chi connectivity index (χ1v) is 7.44. The third kappa shape index (κ3) is 5.05. The molecule has 0 fully saturated rings. The Kier molecular flexibility index (Phi) is 5.99. The zero-order valence-corrected chi connectivity index (χ0v) is 12.6. The van der Waals surface area contributed by atoms with Crippen molar-refractivity contribution >= 4 is 6.08 Å². The maximum absolute atomic E-state index is 3.86. The second kappa shape index (κ2) is 8.23. The minimum Gasteiger partial charge on any atom is -0.304 e. The van der Waals surface area contributed by atoms with Crippen molar-refractivity contribution in [3.63, 3.8) is 0 Å². The van der Waals surface area contributed by atoms with E-state index in [2.05, 4.69) is 79.5 Å². The second-order valence-electron chi connectivity index (χ2n) is 5.20. The van der Waals surface area contributed by atoms with Gasteiger partial charge < -0.3 is 5.32 Å². The van der Waals surface area contributed by atoms with Gasteiger partial charge in [-0.15, -0.1) is 6.58 Å². The Morgan fingerprint density at radius 2 is 1.62 bits per heavy atom. The number of rotatable bonds is 7. The van der Waals surface area contributed by atoms with E-state index in [1.807, 2.05) is 18.2 Å². The molecular formula is C20H23N. The molecule has 1 N–H and O–H groups in total. The summed E-state index contributed by atoms with van der Waals surface area (Å²) in [6.45, 7) is 6.06. The van der Waals surface area contributed by atoms with Gasteiger partial charge in [-0.3, -0.25) is 0 Å². The average molecular weight is 277 g/mol. The van der Waals surface area contributed by atoms with Crippen LogP contribution in [0.1, 0.15) is 30.5 Å². The summed E-state index contributed by atoms with van der Waals surface area (Å²) in [4.78, 5) is 0. The topological polar surface area (TPSA) is 12.0 Å². The first-order chi connectivity index (χ1) is 10.3. The van der Waals surface area contributed by atoms with Crippen LogP contribution >= 0.6 is 0 Å². The van der Waals surface area contributed by atoms with Gasteiger partial charge >= 0.3 is 0 Å². The predicted molar refractivity (Wildman–Crippen MR) is 92.1 cm³/mol. The van der Waals surface area contributed by atoms with Gasteiger partial charge in [-0.1, -0.05) is 78.9 Å². The standard InChI is InChI=1S/C20H23N/c1-3-10-20(16-15-18-11-6-4-7-12-18)21-17(2)19-13-8-5-9-14-19/h3-9,11-17,20-21H,1,10H2,2H3/b16-15+/t17-,20?/m1/s1. The molecule has 0 heterocycles. The molecule has 2 atom stereocenters. The summed E-state index contributed by atoms with van der Waals surface area (Å²) in [5.74, 6) is 0. The molecule has 0 saturated heterocycles. The highest BCUT2D eigenvalue weighted by atomic mass is 14.9. The van der Waals surface area contributed by atoms with E-state index in [1.54, 1.807) is 0 Å². The Hall–Kier alpha value is -2.12. The highest BCUT2D eigenvalue weighted by Crippen LogP contribution is 2.14. The first kappa shape index (κ1) is 15.3. The Balaban J connectivity index is 2.02. The predicted octanol–water partition coefficient (Wildman–Crippen LogP) is 5.00. The number of nitrogens with one attached hydrogen (secondary N) is 1. The summed E-state index contributed by atoms with van der Waals surface area (Å²) >= 11 is 0. The first-order valence-electron chi connectivity index (χ1n) is 7.44. The van der Waals surface area contributed by atoms with Crippen LogP contribution in [0.2, 0.25) is 0 Å². The summed E-state index contributed by atoms with van der Waals surface area (Å²) in [5.41, 5.74) is 2.53. The maximum atomic E-state index is 3.86. The molecule has 0 spiro atoms. The molecule has 0 aromatic heterocycles. The molecule has 1 heteroatoms.